The fourth-order valence-corrected chi connectivity index (χ4v) is 2.70. The van der Waals surface area contributed by atoms with E-state index in [-0.39, 0.29) is 13.1 Å². The second-order valence-corrected chi connectivity index (χ2v) is 5.31. The Labute approximate surface area is 123 Å². The van der Waals surface area contributed by atoms with Crippen LogP contribution >= 0.6 is 0 Å². The van der Waals surface area contributed by atoms with Crippen LogP contribution in [0.25, 0.3) is 0 Å². The Bertz CT molecular complexity index is 498. The van der Waals surface area contributed by atoms with Gasteiger partial charge in [-0.1, -0.05) is 37.3 Å². The number of ether oxygens (including phenoxy) is 2. The van der Waals surface area contributed by atoms with E-state index in [1.165, 1.54) is 26.0 Å². The van der Waals surface area contributed by atoms with Crippen LogP contribution in [-0.2, 0) is 20.8 Å². The molecule has 1 saturated heterocycles. The molecule has 6 nitrogen and oxygen atoms in total. The lowest BCUT2D eigenvalue weighted by Crippen LogP contribution is -2.69. The summed E-state index contributed by atoms with van der Waals surface area (Å²) in [5.74, 6) is -5.45. The molecule has 1 atom stereocenters. The number of piperidine rings is 1. The maximum absolute atomic E-state index is 12.3. The molecule has 0 bridgehead atoms. The van der Waals surface area contributed by atoms with Gasteiger partial charge in [-0.2, -0.15) is 0 Å². The molecule has 1 aliphatic heterocycles. The predicted molar refractivity (Wildman–Crippen MR) is 74.9 cm³/mol. The zero-order valence-corrected chi connectivity index (χ0v) is 12.4. The fraction of sp³-hybridized carbons (Fsp3) is 0.533. The maximum atomic E-state index is 12.3. The molecular weight excluding hydrogens is 274 g/mol. The first kappa shape index (κ1) is 15.9. The molecule has 6 heteroatoms. The normalized spacial score (nSPS) is 24.1. The molecule has 1 heterocycles. The first-order chi connectivity index (χ1) is 9.87. The maximum Gasteiger partial charge on any atom is 0.283 e. The number of methoxy groups -OCH3 is 2. The Morgan fingerprint density at radius 3 is 2.33 bits per heavy atom. The first-order valence-electron chi connectivity index (χ1n) is 6.75. The highest BCUT2D eigenvalue weighted by Crippen LogP contribution is 2.37. The zero-order valence-electron chi connectivity index (χ0n) is 12.4. The van der Waals surface area contributed by atoms with Crippen molar-refractivity contribution in [3.8, 4) is 0 Å². The second-order valence-electron chi connectivity index (χ2n) is 5.31. The van der Waals surface area contributed by atoms with Crippen molar-refractivity contribution in [2.24, 2.45) is 5.92 Å². The molecule has 1 amide bonds. The van der Waals surface area contributed by atoms with Crippen molar-refractivity contribution >= 4 is 5.91 Å². The third kappa shape index (κ3) is 2.67. The van der Waals surface area contributed by atoms with Crippen LogP contribution in [0.4, 0.5) is 0 Å². The van der Waals surface area contributed by atoms with Crippen LogP contribution in [-0.4, -0.2) is 53.4 Å². The quantitative estimate of drug-likeness (QED) is 0.783. The Balaban J connectivity index is 2.31. The molecule has 21 heavy (non-hydrogen) atoms. The van der Waals surface area contributed by atoms with Gasteiger partial charge in [-0.25, -0.2) is 0 Å². The number of carbonyl (C=O) groups is 1. The number of hydrogen-bond donors (Lipinski definition) is 2. The fourth-order valence-electron chi connectivity index (χ4n) is 2.70. The van der Waals surface area contributed by atoms with Crippen LogP contribution in [0.5, 0.6) is 0 Å². The average Bonchev–Trinajstić information content (AvgIpc) is 2.50. The smallest absolute Gasteiger partial charge is 0.283 e. The summed E-state index contributed by atoms with van der Waals surface area (Å²) in [6.07, 6.45) is 0. The van der Waals surface area contributed by atoms with E-state index < -0.39 is 23.4 Å². The zero-order chi connectivity index (χ0) is 15.7. The molecule has 1 aliphatic rings. The molecule has 2 rings (SSSR count). The SMILES string of the molecule is COC1(OC)CN(Cc2ccccc2)C(=O)C(O)(O)C1C. The summed E-state index contributed by atoms with van der Waals surface area (Å²) in [5, 5.41) is 20.3. The van der Waals surface area contributed by atoms with Crippen LogP contribution in [0, 0.1) is 5.92 Å². The van der Waals surface area contributed by atoms with Crippen molar-refractivity contribution in [3.63, 3.8) is 0 Å². The molecule has 0 saturated carbocycles. The second kappa shape index (κ2) is 5.73. The number of aliphatic hydroxyl groups is 2. The summed E-state index contributed by atoms with van der Waals surface area (Å²) < 4.78 is 10.7. The molecule has 1 unspecified atom stereocenters. The molecule has 116 valence electrons. The van der Waals surface area contributed by atoms with Gasteiger partial charge in [-0.05, 0) is 5.56 Å². The molecule has 0 aliphatic carbocycles. The summed E-state index contributed by atoms with van der Waals surface area (Å²) in [4.78, 5) is 13.6. The molecular formula is C15H21NO5. The van der Waals surface area contributed by atoms with Crippen molar-refractivity contribution in [1.29, 1.82) is 0 Å². The van der Waals surface area contributed by atoms with Gasteiger partial charge in [-0.3, -0.25) is 4.79 Å². The van der Waals surface area contributed by atoms with E-state index in [4.69, 9.17) is 9.47 Å². The van der Waals surface area contributed by atoms with E-state index in [0.717, 1.165) is 5.56 Å². The van der Waals surface area contributed by atoms with E-state index in [2.05, 4.69) is 0 Å². The largest absolute Gasteiger partial charge is 0.358 e. The summed E-state index contributed by atoms with van der Waals surface area (Å²) in [6.45, 7) is 1.90. The van der Waals surface area contributed by atoms with Gasteiger partial charge in [0.1, 0.15) is 0 Å². The van der Waals surface area contributed by atoms with E-state index in [0.29, 0.717) is 0 Å². The van der Waals surface area contributed by atoms with Crippen LogP contribution in [0.1, 0.15) is 12.5 Å². The Hall–Kier alpha value is -1.47. The number of carbonyl (C=O) groups excluding carboxylic acids is 1. The molecule has 1 aromatic rings. The topological polar surface area (TPSA) is 79.2 Å². The van der Waals surface area contributed by atoms with E-state index >= 15 is 0 Å². The Morgan fingerprint density at radius 2 is 1.81 bits per heavy atom. The van der Waals surface area contributed by atoms with Crippen molar-refractivity contribution in [2.75, 3.05) is 20.8 Å². The number of hydrogen-bond acceptors (Lipinski definition) is 5. The minimum Gasteiger partial charge on any atom is -0.358 e. The Morgan fingerprint density at radius 1 is 1.24 bits per heavy atom. The molecule has 1 aromatic carbocycles. The standard InChI is InChI=1S/C15H21NO5/c1-11-14(20-2,21-3)10-16(13(17)15(11,18)19)9-12-7-5-4-6-8-12/h4-8,11,18-19H,9-10H2,1-3H3. The van der Waals surface area contributed by atoms with Gasteiger partial charge in [0, 0.05) is 20.8 Å². The van der Waals surface area contributed by atoms with Crippen LogP contribution in [0.15, 0.2) is 30.3 Å². The van der Waals surface area contributed by atoms with Gasteiger partial charge in [-0.15, -0.1) is 0 Å². The Kier molecular flexibility index (Phi) is 4.34. The van der Waals surface area contributed by atoms with Gasteiger partial charge in [0.25, 0.3) is 11.7 Å². The molecule has 0 radical (unpaired) electrons. The summed E-state index contributed by atoms with van der Waals surface area (Å²) in [7, 11) is 2.85. The summed E-state index contributed by atoms with van der Waals surface area (Å²) in [6, 6.07) is 9.32. The summed E-state index contributed by atoms with van der Waals surface area (Å²) >= 11 is 0. The monoisotopic (exact) mass is 295 g/mol. The minimum absolute atomic E-state index is 0.123. The highest BCUT2D eigenvalue weighted by Gasteiger charge is 2.59. The first-order valence-corrected chi connectivity index (χ1v) is 6.75. The lowest BCUT2D eigenvalue weighted by Gasteiger charge is -2.49. The predicted octanol–water partition coefficient (Wildman–Crippen LogP) is 0.335. The van der Waals surface area contributed by atoms with Crippen LogP contribution in [0.2, 0.25) is 0 Å². The molecule has 2 N–H and O–H groups in total. The van der Waals surface area contributed by atoms with Crippen molar-refractivity contribution in [1.82, 2.24) is 4.90 Å². The molecule has 1 fully saturated rings. The van der Waals surface area contributed by atoms with Gasteiger partial charge < -0.3 is 24.6 Å². The van der Waals surface area contributed by atoms with Crippen molar-refractivity contribution < 1.29 is 24.5 Å². The number of rotatable bonds is 4. The van der Waals surface area contributed by atoms with E-state index in [1.807, 2.05) is 30.3 Å². The van der Waals surface area contributed by atoms with Crippen LogP contribution in [0.3, 0.4) is 0 Å². The van der Waals surface area contributed by atoms with Gasteiger partial charge >= 0.3 is 0 Å². The number of likely N-dealkylation sites (tertiary alicyclic amines) is 1. The number of nitrogens with zero attached hydrogens (tertiary/aromatic N) is 1. The molecule has 0 aromatic heterocycles. The van der Waals surface area contributed by atoms with E-state index in [1.54, 1.807) is 0 Å². The lowest BCUT2D eigenvalue weighted by molar-refractivity contribution is -0.329. The number of amides is 1. The average molecular weight is 295 g/mol. The van der Waals surface area contributed by atoms with Crippen molar-refractivity contribution in [2.45, 2.75) is 25.0 Å². The van der Waals surface area contributed by atoms with Gasteiger partial charge in [0.15, 0.2) is 5.79 Å². The van der Waals surface area contributed by atoms with Gasteiger partial charge in [0.2, 0.25) is 0 Å². The van der Waals surface area contributed by atoms with Gasteiger partial charge in [0.05, 0.1) is 12.5 Å². The third-order valence-electron chi connectivity index (χ3n) is 4.18. The minimum atomic E-state index is -2.53. The van der Waals surface area contributed by atoms with Crippen LogP contribution < -0.4 is 0 Å². The highest BCUT2D eigenvalue weighted by atomic mass is 16.7. The van der Waals surface area contributed by atoms with E-state index in [9.17, 15) is 15.0 Å². The third-order valence-corrected chi connectivity index (χ3v) is 4.18. The highest BCUT2D eigenvalue weighted by molar-refractivity contribution is 5.84. The lowest BCUT2D eigenvalue weighted by atomic mass is 9.85. The molecule has 0 spiro atoms. The summed E-state index contributed by atoms with van der Waals surface area (Å²) in [5.41, 5.74) is 0.886. The number of benzene rings is 1. The van der Waals surface area contributed by atoms with Crippen molar-refractivity contribution in [3.05, 3.63) is 35.9 Å².